The van der Waals surface area contributed by atoms with Crippen molar-refractivity contribution in [3.8, 4) is 16.9 Å². The van der Waals surface area contributed by atoms with Gasteiger partial charge in [0.1, 0.15) is 5.75 Å². The fourth-order valence-corrected chi connectivity index (χ4v) is 4.44. The standard InChI is InChI=1S/C21H30O5P2.C5H12O4/c1-14-12-16(20(2,3)4)19(17(13-14)21(5,6)7)15-10-8-9-11-18(15)25-28(24)26-27(22)23;6-1-5(2-7,3-8)4-9/h8-13,22-24H,1-7H3;6-9H,1-4H2. The molecule has 0 aliphatic heterocycles. The van der Waals surface area contributed by atoms with Crippen molar-refractivity contribution in [2.45, 2.75) is 59.3 Å². The van der Waals surface area contributed by atoms with Gasteiger partial charge in [-0.25, -0.2) is 4.31 Å². The van der Waals surface area contributed by atoms with E-state index in [0.29, 0.717) is 5.75 Å². The minimum Gasteiger partial charge on any atom is -0.426 e. The summed E-state index contributed by atoms with van der Waals surface area (Å²) in [6.07, 6.45) is 0. The molecule has 0 spiro atoms. The molecule has 0 amide bonds. The van der Waals surface area contributed by atoms with E-state index >= 15 is 0 Å². The van der Waals surface area contributed by atoms with Crippen LogP contribution >= 0.6 is 17.2 Å². The van der Waals surface area contributed by atoms with Crippen molar-refractivity contribution in [3.63, 3.8) is 0 Å². The molecular weight excluding hydrogens is 518 g/mol. The first-order valence-corrected chi connectivity index (χ1v) is 14.1. The second kappa shape index (κ2) is 14.2. The Kier molecular flexibility index (Phi) is 13.0. The van der Waals surface area contributed by atoms with Crippen molar-refractivity contribution in [2.24, 2.45) is 5.41 Å². The summed E-state index contributed by atoms with van der Waals surface area (Å²) >= 11 is 0. The number of aliphatic hydroxyl groups excluding tert-OH is 4. The Balaban J connectivity index is 0.000000649. The lowest BCUT2D eigenvalue weighted by molar-refractivity contribution is -0.0328. The quantitative estimate of drug-likeness (QED) is 0.225. The summed E-state index contributed by atoms with van der Waals surface area (Å²) in [5.74, 6) is 0.438. The molecule has 2 aromatic carbocycles. The molecule has 2 rings (SSSR count). The van der Waals surface area contributed by atoms with E-state index in [1.807, 2.05) is 18.2 Å². The van der Waals surface area contributed by atoms with Crippen LogP contribution in [-0.2, 0) is 15.1 Å². The molecule has 11 heteroatoms. The number of hydrogen-bond acceptors (Lipinski definition) is 9. The highest BCUT2D eigenvalue weighted by Gasteiger charge is 2.29. The van der Waals surface area contributed by atoms with Crippen LogP contribution in [0.1, 0.15) is 58.2 Å². The zero-order valence-electron chi connectivity index (χ0n) is 22.6. The van der Waals surface area contributed by atoms with Crippen molar-refractivity contribution in [3.05, 3.63) is 53.1 Å². The van der Waals surface area contributed by atoms with Gasteiger partial charge in [-0.3, -0.25) is 0 Å². The van der Waals surface area contributed by atoms with E-state index < -0.39 is 49.0 Å². The van der Waals surface area contributed by atoms with E-state index in [2.05, 4.69) is 64.9 Å². The van der Waals surface area contributed by atoms with Gasteiger partial charge in [-0.1, -0.05) is 77.4 Å². The average molecular weight is 561 g/mol. The molecule has 0 radical (unpaired) electrons. The minimum absolute atomic E-state index is 0.112. The van der Waals surface area contributed by atoms with Crippen LogP contribution < -0.4 is 4.52 Å². The summed E-state index contributed by atoms with van der Waals surface area (Å²) in [7, 11) is -5.16. The van der Waals surface area contributed by atoms with Gasteiger partial charge in [0.2, 0.25) is 0 Å². The van der Waals surface area contributed by atoms with Crippen molar-refractivity contribution in [1.82, 2.24) is 0 Å². The molecule has 1 unspecified atom stereocenters. The van der Waals surface area contributed by atoms with Crippen LogP contribution in [0.4, 0.5) is 0 Å². The summed E-state index contributed by atoms with van der Waals surface area (Å²) < 4.78 is 10.2. The molecule has 7 N–H and O–H groups in total. The lowest BCUT2D eigenvalue weighted by Gasteiger charge is -2.31. The summed E-state index contributed by atoms with van der Waals surface area (Å²) in [5, 5.41) is 34.0. The third-order valence-corrected chi connectivity index (χ3v) is 7.21. The van der Waals surface area contributed by atoms with E-state index in [0.717, 1.165) is 11.1 Å². The summed E-state index contributed by atoms with van der Waals surface area (Å²) in [5.41, 5.74) is 4.13. The van der Waals surface area contributed by atoms with Crippen LogP contribution in [0.25, 0.3) is 11.1 Å². The van der Waals surface area contributed by atoms with Crippen LogP contribution in [0.15, 0.2) is 36.4 Å². The van der Waals surface area contributed by atoms with Crippen molar-refractivity contribution < 1.29 is 43.9 Å². The Bertz CT molecular complexity index is 928. The zero-order valence-corrected chi connectivity index (χ0v) is 24.4. The van der Waals surface area contributed by atoms with Gasteiger partial charge in [0.15, 0.2) is 0 Å². The molecule has 9 nitrogen and oxygen atoms in total. The van der Waals surface area contributed by atoms with E-state index in [1.54, 1.807) is 6.07 Å². The lowest BCUT2D eigenvalue weighted by atomic mass is 9.73. The number of aryl methyl sites for hydroxylation is 1. The van der Waals surface area contributed by atoms with Crippen LogP contribution in [0.3, 0.4) is 0 Å². The van der Waals surface area contributed by atoms with Crippen molar-refractivity contribution >= 4 is 17.2 Å². The monoisotopic (exact) mass is 560 g/mol. The van der Waals surface area contributed by atoms with E-state index in [9.17, 15) is 4.89 Å². The summed E-state index contributed by atoms with van der Waals surface area (Å²) in [6, 6.07) is 11.8. The number of aliphatic hydroxyl groups is 4. The van der Waals surface area contributed by atoms with Gasteiger partial charge in [0.05, 0.1) is 31.8 Å². The van der Waals surface area contributed by atoms with Crippen molar-refractivity contribution in [2.75, 3.05) is 26.4 Å². The predicted molar refractivity (Wildman–Crippen MR) is 147 cm³/mol. The normalized spacial score (nSPS) is 13.3. The molecule has 210 valence electrons. The smallest absolute Gasteiger partial charge is 0.401 e. The van der Waals surface area contributed by atoms with Crippen molar-refractivity contribution in [1.29, 1.82) is 0 Å². The third-order valence-electron chi connectivity index (χ3n) is 5.72. The number of benzene rings is 2. The van der Waals surface area contributed by atoms with Gasteiger partial charge >= 0.3 is 17.2 Å². The highest BCUT2D eigenvalue weighted by molar-refractivity contribution is 7.54. The maximum Gasteiger partial charge on any atom is 0.401 e. The van der Waals surface area contributed by atoms with Gasteiger partial charge in [-0.15, -0.1) is 0 Å². The summed E-state index contributed by atoms with van der Waals surface area (Å²) in [4.78, 5) is 28.0. The number of rotatable bonds is 9. The zero-order chi connectivity index (χ0) is 28.6. The Hall–Kier alpha value is -1.22. The van der Waals surface area contributed by atoms with Crippen LogP contribution in [-0.4, -0.2) is 61.5 Å². The van der Waals surface area contributed by atoms with Gasteiger partial charge in [-0.2, -0.15) is 0 Å². The van der Waals surface area contributed by atoms with Crippen LogP contribution in [0.2, 0.25) is 0 Å². The molecular formula is C26H42O9P2. The van der Waals surface area contributed by atoms with Gasteiger partial charge < -0.3 is 39.6 Å². The molecule has 0 fully saturated rings. The van der Waals surface area contributed by atoms with Gasteiger partial charge in [0, 0.05) is 5.56 Å². The molecule has 0 aliphatic rings. The largest absolute Gasteiger partial charge is 0.426 e. The maximum atomic E-state index is 9.96. The van der Waals surface area contributed by atoms with E-state index in [4.69, 9.17) is 34.7 Å². The average Bonchev–Trinajstić information content (AvgIpc) is 2.80. The Morgan fingerprint density at radius 2 is 1.16 bits per heavy atom. The molecule has 0 saturated carbocycles. The first-order chi connectivity index (χ1) is 17.0. The fraction of sp³-hybridized carbons (Fsp3) is 0.538. The lowest BCUT2D eigenvalue weighted by Crippen LogP contribution is -2.37. The number of para-hydroxylation sites is 1. The maximum absolute atomic E-state index is 9.96. The molecule has 2 aromatic rings. The highest BCUT2D eigenvalue weighted by Crippen LogP contribution is 2.50. The van der Waals surface area contributed by atoms with Gasteiger partial charge in [0.25, 0.3) is 0 Å². The van der Waals surface area contributed by atoms with Crippen LogP contribution in [0.5, 0.6) is 5.75 Å². The summed E-state index contributed by atoms with van der Waals surface area (Å²) in [6.45, 7) is 13.5. The molecule has 0 heterocycles. The molecule has 0 saturated heterocycles. The molecule has 0 aromatic heterocycles. The van der Waals surface area contributed by atoms with Gasteiger partial charge in [-0.05, 0) is 40.5 Å². The second-order valence-electron chi connectivity index (χ2n) is 11.0. The molecule has 37 heavy (non-hydrogen) atoms. The highest BCUT2D eigenvalue weighted by atomic mass is 31.2. The molecule has 0 bridgehead atoms. The fourth-order valence-electron chi connectivity index (χ4n) is 3.48. The number of hydrogen-bond donors (Lipinski definition) is 7. The first kappa shape index (κ1) is 33.8. The molecule has 0 aliphatic carbocycles. The predicted octanol–water partition coefficient (Wildman–Crippen LogP) is 4.03. The van der Waals surface area contributed by atoms with E-state index in [-0.39, 0.29) is 10.8 Å². The molecule has 1 atom stereocenters. The Morgan fingerprint density at radius 3 is 1.51 bits per heavy atom. The Morgan fingerprint density at radius 1 is 0.730 bits per heavy atom. The second-order valence-corrected chi connectivity index (χ2v) is 12.8. The Labute approximate surface area is 222 Å². The third kappa shape index (κ3) is 9.79. The van der Waals surface area contributed by atoms with E-state index in [1.165, 1.54) is 16.7 Å². The first-order valence-electron chi connectivity index (χ1n) is 11.8. The SMILES string of the molecule is Cc1cc(C(C)(C)C)c(-c2ccccc2OP(O)OP(O)O)c(C(C)(C)C)c1.OCC(CO)(CO)CO. The topological polar surface area (TPSA) is 160 Å². The minimum atomic E-state index is -2.70. The van der Waals surface area contributed by atoms with Crippen LogP contribution in [0, 0.1) is 12.3 Å².